The molecule has 0 unspecified atom stereocenters. The van der Waals surface area contributed by atoms with Gasteiger partial charge in [0, 0.05) is 12.2 Å². The highest BCUT2D eigenvalue weighted by atomic mass is 35.5. The number of rotatable bonds is 5. The molecule has 0 fully saturated rings. The lowest BCUT2D eigenvalue weighted by Crippen LogP contribution is -2.00. The van der Waals surface area contributed by atoms with Crippen molar-refractivity contribution in [1.29, 1.82) is 0 Å². The van der Waals surface area contributed by atoms with E-state index in [1.807, 2.05) is 19.1 Å². The van der Waals surface area contributed by atoms with Crippen molar-refractivity contribution in [3.63, 3.8) is 0 Å². The first-order valence-corrected chi connectivity index (χ1v) is 9.93. The molecule has 0 spiro atoms. The number of nitrogens with zero attached hydrogens (tertiary/aromatic N) is 1. The first-order chi connectivity index (χ1) is 13.9. The number of nitrogens with one attached hydrogen (secondary N) is 3. The number of benzene rings is 3. The topological polar surface area (TPSA) is 52.7 Å². The normalized spacial score (nSPS) is 11.1. The second kappa shape index (κ2) is 8.11. The molecule has 0 aliphatic rings. The van der Waals surface area contributed by atoms with E-state index in [1.165, 1.54) is 12.1 Å². The summed E-state index contributed by atoms with van der Waals surface area (Å²) in [4.78, 5) is 7.85. The predicted molar refractivity (Wildman–Crippen MR) is 119 cm³/mol. The van der Waals surface area contributed by atoms with Crippen molar-refractivity contribution in [2.75, 3.05) is 10.6 Å². The van der Waals surface area contributed by atoms with E-state index in [0.29, 0.717) is 33.9 Å². The van der Waals surface area contributed by atoms with Gasteiger partial charge in [-0.25, -0.2) is 9.37 Å². The summed E-state index contributed by atoms with van der Waals surface area (Å²) in [5.41, 5.74) is 5.00. The molecule has 0 aliphatic carbocycles. The van der Waals surface area contributed by atoms with Crippen LogP contribution in [-0.2, 0) is 6.54 Å². The number of aryl methyl sites for hydroxylation is 1. The Balaban J connectivity index is 1.57. The summed E-state index contributed by atoms with van der Waals surface area (Å²) >= 11 is 18.2. The molecular weight excluding hydrogens is 434 g/mol. The SMILES string of the molecule is Cc1cc(CNc2ccc(Cl)c(F)c2)cc2[nH]c(Nc3c(Cl)cccc3Cl)nc12. The molecule has 0 bridgehead atoms. The van der Waals surface area contributed by atoms with Gasteiger partial charge in [-0.3, -0.25) is 0 Å². The van der Waals surface area contributed by atoms with Gasteiger partial charge in [-0.15, -0.1) is 0 Å². The van der Waals surface area contributed by atoms with Crippen molar-refractivity contribution in [3.05, 3.63) is 80.5 Å². The smallest absolute Gasteiger partial charge is 0.205 e. The number of aromatic amines is 1. The molecule has 0 amide bonds. The number of hydrogen-bond acceptors (Lipinski definition) is 3. The minimum atomic E-state index is -0.453. The molecule has 4 rings (SSSR count). The van der Waals surface area contributed by atoms with Crippen LogP contribution in [0.1, 0.15) is 11.1 Å². The van der Waals surface area contributed by atoms with Gasteiger partial charge in [0.2, 0.25) is 5.95 Å². The molecule has 0 saturated carbocycles. The lowest BCUT2D eigenvalue weighted by atomic mass is 10.1. The van der Waals surface area contributed by atoms with Gasteiger partial charge in [-0.05, 0) is 54.4 Å². The molecule has 8 heteroatoms. The molecule has 0 atom stereocenters. The van der Waals surface area contributed by atoms with Crippen LogP contribution in [0.25, 0.3) is 11.0 Å². The number of H-pyrrole nitrogens is 1. The second-order valence-corrected chi connectivity index (χ2v) is 7.82. The molecule has 29 heavy (non-hydrogen) atoms. The first-order valence-electron chi connectivity index (χ1n) is 8.80. The van der Waals surface area contributed by atoms with Crippen LogP contribution in [0.3, 0.4) is 0 Å². The highest BCUT2D eigenvalue weighted by Gasteiger charge is 2.11. The third-order valence-corrected chi connectivity index (χ3v) is 5.40. The molecule has 0 radical (unpaired) electrons. The Labute approximate surface area is 182 Å². The number of hydrogen-bond donors (Lipinski definition) is 3. The maximum absolute atomic E-state index is 13.6. The average Bonchev–Trinajstić information content (AvgIpc) is 3.09. The summed E-state index contributed by atoms with van der Waals surface area (Å²) in [6.07, 6.45) is 0. The lowest BCUT2D eigenvalue weighted by molar-refractivity contribution is 0.628. The largest absolute Gasteiger partial charge is 0.381 e. The molecule has 1 aromatic heterocycles. The highest BCUT2D eigenvalue weighted by molar-refractivity contribution is 6.39. The Morgan fingerprint density at radius 3 is 2.48 bits per heavy atom. The van der Waals surface area contributed by atoms with Gasteiger partial charge in [0.15, 0.2) is 0 Å². The molecular formula is C21H16Cl3FN4. The van der Waals surface area contributed by atoms with E-state index in [0.717, 1.165) is 22.2 Å². The van der Waals surface area contributed by atoms with E-state index in [1.54, 1.807) is 24.3 Å². The molecule has 148 valence electrons. The van der Waals surface area contributed by atoms with Crippen LogP contribution in [0.2, 0.25) is 15.1 Å². The Morgan fingerprint density at radius 1 is 1.00 bits per heavy atom. The number of para-hydroxylation sites is 1. The first kappa shape index (κ1) is 19.8. The molecule has 1 heterocycles. The summed E-state index contributed by atoms with van der Waals surface area (Å²) in [7, 11) is 0. The number of halogens is 4. The molecule has 0 saturated heterocycles. The Morgan fingerprint density at radius 2 is 1.76 bits per heavy atom. The number of aromatic nitrogens is 2. The Kier molecular flexibility index (Phi) is 5.54. The van der Waals surface area contributed by atoms with Crippen LogP contribution < -0.4 is 10.6 Å². The van der Waals surface area contributed by atoms with Crippen LogP contribution in [0.15, 0.2) is 48.5 Å². The van der Waals surface area contributed by atoms with E-state index in [9.17, 15) is 4.39 Å². The maximum Gasteiger partial charge on any atom is 0.205 e. The fraction of sp³-hybridized carbons (Fsp3) is 0.0952. The van der Waals surface area contributed by atoms with Crippen molar-refractivity contribution in [3.8, 4) is 0 Å². The molecule has 3 N–H and O–H groups in total. The van der Waals surface area contributed by atoms with E-state index >= 15 is 0 Å². The van der Waals surface area contributed by atoms with Crippen molar-refractivity contribution >= 4 is 63.2 Å². The zero-order valence-electron chi connectivity index (χ0n) is 15.3. The zero-order chi connectivity index (χ0) is 20.5. The Bertz CT molecular complexity index is 1190. The van der Waals surface area contributed by atoms with Gasteiger partial charge >= 0.3 is 0 Å². The molecule has 0 aliphatic heterocycles. The second-order valence-electron chi connectivity index (χ2n) is 6.60. The number of imidazole rings is 1. The van der Waals surface area contributed by atoms with Crippen LogP contribution in [-0.4, -0.2) is 9.97 Å². The maximum atomic E-state index is 13.6. The van der Waals surface area contributed by atoms with Crippen LogP contribution in [0.4, 0.5) is 21.7 Å². The van der Waals surface area contributed by atoms with E-state index in [4.69, 9.17) is 34.8 Å². The van der Waals surface area contributed by atoms with Crippen molar-refractivity contribution in [2.24, 2.45) is 0 Å². The molecule has 4 nitrogen and oxygen atoms in total. The predicted octanol–water partition coefficient (Wildman–Crippen LogP) is 7.33. The van der Waals surface area contributed by atoms with Gasteiger partial charge in [0.1, 0.15) is 5.82 Å². The molecule has 3 aromatic carbocycles. The van der Waals surface area contributed by atoms with E-state index < -0.39 is 5.82 Å². The summed E-state index contributed by atoms with van der Waals surface area (Å²) < 4.78 is 13.6. The summed E-state index contributed by atoms with van der Waals surface area (Å²) in [5.74, 6) is 0.0915. The van der Waals surface area contributed by atoms with Gasteiger partial charge < -0.3 is 15.6 Å². The quantitative estimate of drug-likeness (QED) is 0.299. The average molecular weight is 450 g/mol. The summed E-state index contributed by atoms with van der Waals surface area (Å²) in [5, 5.41) is 7.46. The highest BCUT2D eigenvalue weighted by Crippen LogP contribution is 2.32. The van der Waals surface area contributed by atoms with E-state index in [-0.39, 0.29) is 5.02 Å². The summed E-state index contributed by atoms with van der Waals surface area (Å²) in [6, 6.07) is 14.0. The van der Waals surface area contributed by atoms with Crippen molar-refractivity contribution < 1.29 is 4.39 Å². The van der Waals surface area contributed by atoms with Crippen LogP contribution >= 0.6 is 34.8 Å². The van der Waals surface area contributed by atoms with Crippen LogP contribution in [0, 0.1) is 12.7 Å². The van der Waals surface area contributed by atoms with E-state index in [2.05, 4.69) is 20.6 Å². The molecule has 4 aromatic rings. The Hall–Kier alpha value is -2.47. The third kappa shape index (κ3) is 4.27. The number of anilines is 3. The van der Waals surface area contributed by atoms with Crippen molar-refractivity contribution in [1.82, 2.24) is 9.97 Å². The van der Waals surface area contributed by atoms with Gasteiger partial charge in [0.05, 0.1) is 31.8 Å². The minimum Gasteiger partial charge on any atom is -0.381 e. The van der Waals surface area contributed by atoms with Gasteiger partial charge in [-0.2, -0.15) is 0 Å². The van der Waals surface area contributed by atoms with Crippen molar-refractivity contribution in [2.45, 2.75) is 13.5 Å². The number of fused-ring (bicyclic) bond motifs is 1. The van der Waals surface area contributed by atoms with Crippen LogP contribution in [0.5, 0.6) is 0 Å². The lowest BCUT2D eigenvalue weighted by Gasteiger charge is -2.08. The fourth-order valence-corrected chi connectivity index (χ4v) is 3.68. The van der Waals surface area contributed by atoms with Gasteiger partial charge in [0.25, 0.3) is 0 Å². The standard InChI is InChI=1S/C21H16Cl3FN4/c1-11-7-12(10-26-13-5-6-14(22)17(25)9-13)8-18-19(11)28-21(27-18)29-20-15(23)3-2-4-16(20)24/h2-9,26H,10H2,1H3,(H2,27,28,29). The fourth-order valence-electron chi connectivity index (χ4n) is 3.07. The minimum absolute atomic E-state index is 0.101. The van der Waals surface area contributed by atoms with Gasteiger partial charge in [-0.1, -0.05) is 46.9 Å². The third-order valence-electron chi connectivity index (χ3n) is 4.46. The summed E-state index contributed by atoms with van der Waals surface area (Å²) in [6.45, 7) is 2.51. The monoisotopic (exact) mass is 448 g/mol. The zero-order valence-corrected chi connectivity index (χ0v) is 17.6.